The van der Waals surface area contributed by atoms with Gasteiger partial charge >= 0.3 is 0 Å². The summed E-state index contributed by atoms with van der Waals surface area (Å²) in [7, 11) is 2.28. The SMILES string of the molecule is CC[N+](C)(CC1CC1)[C@@H]1Cc2ccc(O)c3c2[C@@]2(C)[C@@H](O3)C(=O)CC[C@@]12O. The van der Waals surface area contributed by atoms with Crippen molar-refractivity contribution in [3.8, 4) is 11.5 Å². The molecule has 3 aliphatic carbocycles. The molecule has 4 aliphatic rings. The number of benzene rings is 1. The Morgan fingerprint density at radius 1 is 1.33 bits per heavy atom. The molecule has 5 atom stereocenters. The highest BCUT2D eigenvalue weighted by molar-refractivity contribution is 5.89. The van der Waals surface area contributed by atoms with Crippen LogP contribution in [-0.4, -0.2) is 58.4 Å². The van der Waals surface area contributed by atoms with Crippen LogP contribution in [0, 0.1) is 5.92 Å². The summed E-state index contributed by atoms with van der Waals surface area (Å²) in [5.74, 6) is 1.28. The van der Waals surface area contributed by atoms with Gasteiger partial charge in [-0.1, -0.05) is 6.07 Å². The van der Waals surface area contributed by atoms with E-state index in [-0.39, 0.29) is 17.6 Å². The number of nitrogens with zero attached hydrogens (tertiary/aromatic N) is 1. The van der Waals surface area contributed by atoms with Crippen molar-refractivity contribution in [3.05, 3.63) is 23.3 Å². The maximum atomic E-state index is 12.8. The molecule has 146 valence electrons. The number of carbonyl (C=O) groups is 1. The number of ketones is 1. The van der Waals surface area contributed by atoms with E-state index >= 15 is 0 Å². The minimum Gasteiger partial charge on any atom is -0.504 e. The van der Waals surface area contributed by atoms with Crippen molar-refractivity contribution in [1.29, 1.82) is 0 Å². The first-order chi connectivity index (χ1) is 12.7. The topological polar surface area (TPSA) is 66.8 Å². The van der Waals surface area contributed by atoms with Gasteiger partial charge in [0, 0.05) is 24.3 Å². The smallest absolute Gasteiger partial charge is 0.174 e. The fourth-order valence-corrected chi connectivity index (χ4v) is 6.37. The molecule has 2 saturated carbocycles. The Morgan fingerprint density at radius 3 is 2.74 bits per heavy atom. The number of aromatic hydroxyl groups is 1. The molecule has 0 radical (unpaired) electrons. The molecular weight excluding hydrogens is 342 g/mol. The van der Waals surface area contributed by atoms with E-state index in [1.807, 2.05) is 13.0 Å². The molecular formula is C22H30NO4+. The van der Waals surface area contributed by atoms with Gasteiger partial charge in [0.25, 0.3) is 0 Å². The zero-order chi connectivity index (χ0) is 19.2. The lowest BCUT2D eigenvalue weighted by atomic mass is 9.52. The highest BCUT2D eigenvalue weighted by Crippen LogP contribution is 2.62. The largest absolute Gasteiger partial charge is 0.504 e. The Morgan fingerprint density at radius 2 is 2.07 bits per heavy atom. The van der Waals surface area contributed by atoms with Crippen molar-refractivity contribution >= 4 is 5.78 Å². The van der Waals surface area contributed by atoms with Gasteiger partial charge in [-0.05, 0) is 44.7 Å². The second kappa shape index (κ2) is 5.26. The van der Waals surface area contributed by atoms with E-state index in [2.05, 4.69) is 14.0 Å². The van der Waals surface area contributed by atoms with Crippen molar-refractivity contribution in [2.75, 3.05) is 20.1 Å². The van der Waals surface area contributed by atoms with E-state index in [9.17, 15) is 15.0 Å². The van der Waals surface area contributed by atoms with Crippen LogP contribution < -0.4 is 4.74 Å². The van der Waals surface area contributed by atoms with Crippen LogP contribution in [0.4, 0.5) is 0 Å². The van der Waals surface area contributed by atoms with Crippen LogP contribution in [0.5, 0.6) is 11.5 Å². The van der Waals surface area contributed by atoms with Gasteiger partial charge in [0.05, 0.1) is 25.6 Å². The molecule has 1 heterocycles. The van der Waals surface area contributed by atoms with Gasteiger partial charge in [-0.15, -0.1) is 0 Å². The lowest BCUT2D eigenvalue weighted by molar-refractivity contribution is -0.941. The summed E-state index contributed by atoms with van der Waals surface area (Å²) >= 11 is 0. The van der Waals surface area contributed by atoms with Gasteiger partial charge < -0.3 is 19.4 Å². The number of aliphatic hydroxyl groups is 1. The van der Waals surface area contributed by atoms with Gasteiger partial charge in [0.1, 0.15) is 11.6 Å². The van der Waals surface area contributed by atoms with E-state index in [1.165, 1.54) is 12.8 Å². The fourth-order valence-electron chi connectivity index (χ4n) is 6.37. The van der Waals surface area contributed by atoms with E-state index in [4.69, 9.17) is 4.74 Å². The molecule has 27 heavy (non-hydrogen) atoms. The molecule has 2 fully saturated rings. The first kappa shape index (κ1) is 17.5. The predicted octanol–water partition coefficient (Wildman–Crippen LogP) is 2.31. The van der Waals surface area contributed by atoms with Crippen LogP contribution in [0.2, 0.25) is 0 Å². The first-order valence-corrected chi connectivity index (χ1v) is 10.4. The first-order valence-electron chi connectivity index (χ1n) is 10.4. The molecule has 1 aromatic rings. The van der Waals surface area contributed by atoms with Gasteiger partial charge in [-0.25, -0.2) is 0 Å². The molecule has 5 rings (SSSR count). The van der Waals surface area contributed by atoms with E-state index in [1.54, 1.807) is 6.07 Å². The standard InChI is InChI=1S/C22H29NO4/c1-4-23(3,12-13-5-6-13)17-11-14-7-8-15(24)19-18(14)21(2)20(27-19)16(25)9-10-22(17,21)26/h7-8,13,17,20,26H,4-6,9-12H2,1-3H3/p+1/t17-,20+,21+,22-,23?/m1/s1. The number of Topliss-reactive ketones (excluding diaryl/α,β-unsaturated/α-hetero) is 1. The Bertz CT molecular complexity index is 834. The number of phenols is 1. The minimum atomic E-state index is -1.02. The molecule has 0 aromatic heterocycles. The van der Waals surface area contributed by atoms with Crippen LogP contribution in [0.1, 0.15) is 50.7 Å². The normalized spacial score (nSPS) is 38.9. The van der Waals surface area contributed by atoms with E-state index in [0.717, 1.165) is 41.0 Å². The number of rotatable bonds is 4. The lowest BCUT2D eigenvalue weighted by Crippen LogP contribution is -2.75. The monoisotopic (exact) mass is 372 g/mol. The zero-order valence-corrected chi connectivity index (χ0v) is 16.5. The molecule has 2 N–H and O–H groups in total. The molecule has 0 saturated heterocycles. The molecule has 1 aliphatic heterocycles. The van der Waals surface area contributed by atoms with E-state index < -0.39 is 17.1 Å². The molecule has 5 nitrogen and oxygen atoms in total. The van der Waals surface area contributed by atoms with Crippen LogP contribution >= 0.6 is 0 Å². The molecule has 1 unspecified atom stereocenters. The Kier molecular flexibility index (Phi) is 3.41. The molecule has 0 bridgehead atoms. The summed E-state index contributed by atoms with van der Waals surface area (Å²) in [6, 6.07) is 3.67. The minimum absolute atomic E-state index is 0.0234. The van der Waals surface area contributed by atoms with Crippen molar-refractivity contribution in [2.24, 2.45) is 5.92 Å². The third-order valence-corrected chi connectivity index (χ3v) is 8.26. The van der Waals surface area contributed by atoms with Crippen molar-refractivity contribution in [1.82, 2.24) is 0 Å². The lowest BCUT2D eigenvalue weighted by Gasteiger charge is -2.59. The number of carbonyl (C=O) groups excluding carboxylic acids is 1. The van der Waals surface area contributed by atoms with Crippen LogP contribution in [0.15, 0.2) is 12.1 Å². The van der Waals surface area contributed by atoms with Crippen molar-refractivity contribution in [2.45, 2.75) is 69.1 Å². The number of phenolic OH excluding ortho intramolecular Hbond substituents is 1. The van der Waals surface area contributed by atoms with Crippen LogP contribution in [0.25, 0.3) is 0 Å². The number of quaternary nitrogens is 1. The van der Waals surface area contributed by atoms with Crippen molar-refractivity contribution in [3.63, 3.8) is 0 Å². The average molecular weight is 372 g/mol. The zero-order valence-electron chi connectivity index (χ0n) is 16.5. The summed E-state index contributed by atoms with van der Waals surface area (Å²) in [5, 5.41) is 22.6. The van der Waals surface area contributed by atoms with Gasteiger partial charge in [-0.2, -0.15) is 0 Å². The maximum Gasteiger partial charge on any atom is 0.174 e. The third kappa shape index (κ3) is 2.05. The Hall–Kier alpha value is -1.59. The second-order valence-corrected chi connectivity index (χ2v) is 9.68. The third-order valence-electron chi connectivity index (χ3n) is 8.26. The fraction of sp³-hybridized carbons (Fsp3) is 0.682. The van der Waals surface area contributed by atoms with Crippen molar-refractivity contribution < 1.29 is 24.2 Å². The van der Waals surface area contributed by atoms with Gasteiger partial charge in [-0.3, -0.25) is 4.79 Å². The highest BCUT2D eigenvalue weighted by atomic mass is 16.5. The quantitative estimate of drug-likeness (QED) is 0.796. The maximum absolute atomic E-state index is 12.8. The number of hydrogen-bond donors (Lipinski definition) is 2. The Labute approximate surface area is 160 Å². The predicted molar refractivity (Wildman–Crippen MR) is 101 cm³/mol. The van der Waals surface area contributed by atoms with Crippen LogP contribution in [-0.2, 0) is 16.6 Å². The second-order valence-electron chi connectivity index (χ2n) is 9.68. The summed E-state index contributed by atoms with van der Waals surface area (Å²) in [4.78, 5) is 12.8. The molecule has 5 heteroatoms. The number of hydrogen-bond acceptors (Lipinski definition) is 4. The average Bonchev–Trinajstić information content (AvgIpc) is 3.38. The van der Waals surface area contributed by atoms with Gasteiger partial charge in [0.2, 0.25) is 0 Å². The van der Waals surface area contributed by atoms with E-state index in [0.29, 0.717) is 18.6 Å². The molecule has 0 spiro atoms. The summed E-state index contributed by atoms with van der Waals surface area (Å²) in [6.07, 6.45) is 3.44. The number of ether oxygens (including phenoxy) is 1. The summed E-state index contributed by atoms with van der Waals surface area (Å²) < 4.78 is 6.86. The molecule has 0 amide bonds. The number of likely N-dealkylation sites (N-methyl/N-ethyl adjacent to an activating group) is 1. The summed E-state index contributed by atoms with van der Waals surface area (Å²) in [6.45, 7) is 6.24. The van der Waals surface area contributed by atoms with Crippen LogP contribution in [0.3, 0.4) is 0 Å². The molecule has 1 aromatic carbocycles. The Balaban J connectivity index is 1.72. The summed E-state index contributed by atoms with van der Waals surface area (Å²) in [5.41, 5.74) is 0.170. The highest BCUT2D eigenvalue weighted by Gasteiger charge is 2.72. The van der Waals surface area contributed by atoms with Gasteiger partial charge in [0.15, 0.2) is 23.4 Å².